The summed E-state index contributed by atoms with van der Waals surface area (Å²) in [6, 6.07) is 36.0. The number of pyridine rings is 3. The van der Waals surface area contributed by atoms with Gasteiger partial charge in [-0.25, -0.2) is 0 Å². The molecular formula is C37H22N6O+2. The van der Waals surface area contributed by atoms with Crippen molar-refractivity contribution in [1.29, 1.82) is 0 Å². The van der Waals surface area contributed by atoms with E-state index in [-0.39, 0.29) is 0 Å². The molecule has 1 unspecified atom stereocenters. The average molecular weight is 567 g/mol. The molecule has 8 heterocycles. The van der Waals surface area contributed by atoms with Crippen molar-refractivity contribution < 1.29 is 14.0 Å². The minimum absolute atomic E-state index is 0.695. The van der Waals surface area contributed by atoms with Gasteiger partial charge in [0.1, 0.15) is 28.3 Å². The van der Waals surface area contributed by atoms with Crippen LogP contribution < -0.4 is 14.0 Å². The van der Waals surface area contributed by atoms with Crippen molar-refractivity contribution in [2.75, 3.05) is 0 Å². The van der Waals surface area contributed by atoms with Crippen LogP contribution in [0.5, 0.6) is 11.5 Å². The molecule has 44 heavy (non-hydrogen) atoms. The summed E-state index contributed by atoms with van der Waals surface area (Å²) in [6.07, 6.45) is 10.4. The Morgan fingerprint density at radius 3 is 2.48 bits per heavy atom. The summed E-state index contributed by atoms with van der Waals surface area (Å²) in [7, 11) is 0. The highest BCUT2D eigenvalue weighted by Crippen LogP contribution is 2.55. The Labute approximate surface area is 251 Å². The first kappa shape index (κ1) is 22.5. The number of hydrogen-bond acceptors (Lipinski definition) is 3. The molecule has 0 aliphatic carbocycles. The molecule has 0 N–H and O–H groups in total. The highest BCUT2D eigenvalue weighted by atomic mass is 16.5. The van der Waals surface area contributed by atoms with E-state index < -0.39 is 5.66 Å². The number of nitrogens with zero attached hydrogens (tertiary/aromatic N) is 6. The van der Waals surface area contributed by atoms with Crippen LogP contribution in [0.2, 0.25) is 0 Å². The highest BCUT2D eigenvalue weighted by Gasteiger charge is 2.68. The van der Waals surface area contributed by atoms with Crippen molar-refractivity contribution in [2.45, 2.75) is 5.66 Å². The smallest absolute Gasteiger partial charge is 0.397 e. The summed E-state index contributed by atoms with van der Waals surface area (Å²) in [5.41, 5.74) is 8.90. The fourth-order valence-electron chi connectivity index (χ4n) is 7.79. The Balaban J connectivity index is 1.25. The molecule has 7 heteroatoms. The van der Waals surface area contributed by atoms with Gasteiger partial charge >= 0.3 is 5.66 Å². The molecule has 3 aliphatic heterocycles. The largest absolute Gasteiger partial charge is 0.456 e. The van der Waals surface area contributed by atoms with E-state index in [0.717, 1.165) is 56.6 Å². The van der Waals surface area contributed by atoms with Crippen LogP contribution in [0.25, 0.3) is 55.8 Å². The van der Waals surface area contributed by atoms with Crippen molar-refractivity contribution in [3.8, 4) is 45.5 Å². The molecule has 3 aliphatic rings. The Kier molecular flexibility index (Phi) is 3.91. The standard InChI is InChI=1S/C37H22N6O/c1-2-10-29-25(8-1)26-15-17-32-35-36(26)43(29)33-13-4-6-19-40(33)37(35)34-30(11-7-12-31(34)44-32)41-21-24(22-42(37)41)23-14-16-28(39-20-23)27-9-3-5-18-38-27/h1-22H/q+2. The summed E-state index contributed by atoms with van der Waals surface area (Å²) in [4.78, 5) is 9.27. The van der Waals surface area contributed by atoms with Crippen LogP contribution in [0.15, 0.2) is 134 Å². The number of rotatable bonds is 2. The molecule has 204 valence electrons. The topological polar surface area (TPSA) is 52.6 Å². The monoisotopic (exact) mass is 566 g/mol. The maximum absolute atomic E-state index is 6.74. The van der Waals surface area contributed by atoms with Gasteiger partial charge in [-0.15, -0.1) is 4.68 Å². The SMILES string of the molecule is c1ccc(-c2ccc(-c3cn4[n+](c3)C35c6c(cccc6-4)Oc4ccc6c7ccccc7n(c6c43)-c3cccc[n+]35)cn2)nc1. The van der Waals surface area contributed by atoms with Crippen LogP contribution in [0, 0.1) is 0 Å². The molecule has 0 amide bonds. The summed E-state index contributed by atoms with van der Waals surface area (Å²) in [6.45, 7) is 0. The van der Waals surface area contributed by atoms with Crippen molar-refractivity contribution in [1.82, 2.24) is 19.2 Å². The molecule has 5 aromatic heterocycles. The number of para-hydroxylation sites is 1. The first-order valence-corrected chi connectivity index (χ1v) is 14.7. The summed E-state index contributed by atoms with van der Waals surface area (Å²) in [5.74, 6) is 2.86. The molecule has 1 spiro atoms. The average Bonchev–Trinajstić information content (AvgIpc) is 3.75. The van der Waals surface area contributed by atoms with E-state index in [4.69, 9.17) is 9.72 Å². The van der Waals surface area contributed by atoms with Gasteiger partial charge in [0.2, 0.25) is 6.20 Å². The lowest BCUT2D eigenvalue weighted by molar-refractivity contribution is -0.993. The number of hydrogen-bond donors (Lipinski definition) is 0. The fraction of sp³-hybridized carbons (Fsp3) is 0.0270. The normalized spacial score (nSPS) is 16.5. The minimum Gasteiger partial charge on any atom is -0.456 e. The lowest BCUT2D eigenvalue weighted by atomic mass is 9.84. The van der Waals surface area contributed by atoms with E-state index in [1.807, 2.05) is 30.5 Å². The second-order valence-electron chi connectivity index (χ2n) is 11.6. The zero-order valence-corrected chi connectivity index (χ0v) is 23.3. The maximum atomic E-state index is 6.74. The first-order chi connectivity index (χ1) is 21.8. The molecule has 0 bridgehead atoms. The van der Waals surface area contributed by atoms with Crippen molar-refractivity contribution >= 4 is 21.8 Å². The van der Waals surface area contributed by atoms with E-state index in [1.165, 1.54) is 21.8 Å². The molecule has 7 nitrogen and oxygen atoms in total. The van der Waals surface area contributed by atoms with Crippen LogP contribution >= 0.6 is 0 Å². The van der Waals surface area contributed by atoms with E-state index in [2.05, 4.69) is 121 Å². The van der Waals surface area contributed by atoms with E-state index >= 15 is 0 Å². The summed E-state index contributed by atoms with van der Waals surface area (Å²) < 4.78 is 16.2. The zero-order valence-electron chi connectivity index (χ0n) is 23.3. The van der Waals surface area contributed by atoms with Crippen molar-refractivity contribution in [3.63, 3.8) is 0 Å². The predicted molar refractivity (Wildman–Crippen MR) is 165 cm³/mol. The minimum atomic E-state index is -0.695. The Morgan fingerprint density at radius 1 is 0.682 bits per heavy atom. The van der Waals surface area contributed by atoms with Gasteiger partial charge < -0.3 is 4.74 Å². The van der Waals surface area contributed by atoms with Gasteiger partial charge in [0.05, 0.1) is 29.3 Å². The number of aromatic nitrogens is 6. The second-order valence-corrected chi connectivity index (χ2v) is 11.6. The number of fused-ring (bicyclic) bond motifs is 7. The summed E-state index contributed by atoms with van der Waals surface area (Å²) >= 11 is 0. The third-order valence-electron chi connectivity index (χ3n) is 9.49. The van der Waals surface area contributed by atoms with Crippen molar-refractivity contribution in [2.24, 2.45) is 0 Å². The van der Waals surface area contributed by atoms with Crippen LogP contribution in [0.4, 0.5) is 0 Å². The maximum Gasteiger partial charge on any atom is 0.397 e. The van der Waals surface area contributed by atoms with Crippen LogP contribution in [0.1, 0.15) is 11.1 Å². The van der Waals surface area contributed by atoms with Gasteiger partial charge in [-0.1, -0.05) is 41.1 Å². The molecule has 11 rings (SSSR count). The van der Waals surface area contributed by atoms with E-state index in [0.29, 0.717) is 0 Å². The highest BCUT2D eigenvalue weighted by molar-refractivity contribution is 6.11. The van der Waals surface area contributed by atoms with Gasteiger partial charge in [-0.2, -0.15) is 9.13 Å². The molecule has 0 radical (unpaired) electrons. The molecule has 0 fully saturated rings. The van der Waals surface area contributed by atoms with Crippen LogP contribution in [-0.4, -0.2) is 19.2 Å². The van der Waals surface area contributed by atoms with E-state index in [9.17, 15) is 0 Å². The Morgan fingerprint density at radius 2 is 1.57 bits per heavy atom. The first-order valence-electron chi connectivity index (χ1n) is 14.7. The quantitative estimate of drug-likeness (QED) is 0.231. The van der Waals surface area contributed by atoms with Gasteiger partial charge in [-0.3, -0.25) is 9.97 Å². The summed E-state index contributed by atoms with van der Waals surface area (Å²) in [5, 5.41) is 2.45. The zero-order chi connectivity index (χ0) is 28.6. The third-order valence-corrected chi connectivity index (χ3v) is 9.49. The van der Waals surface area contributed by atoms with E-state index in [1.54, 1.807) is 6.20 Å². The lowest BCUT2D eigenvalue weighted by Gasteiger charge is -2.32. The molecule has 0 saturated heterocycles. The molecular weight excluding hydrogens is 544 g/mol. The third kappa shape index (κ3) is 2.48. The molecule has 0 saturated carbocycles. The van der Waals surface area contributed by atoms with Gasteiger partial charge in [0.25, 0.3) is 5.82 Å². The number of ether oxygens (including phenoxy) is 1. The van der Waals surface area contributed by atoms with Crippen molar-refractivity contribution in [3.05, 3.63) is 145 Å². The molecule has 3 aromatic carbocycles. The van der Waals surface area contributed by atoms with Gasteiger partial charge in [0.15, 0.2) is 11.1 Å². The predicted octanol–water partition coefficient (Wildman–Crippen LogP) is 6.30. The Bertz CT molecular complexity index is 2530. The second kappa shape index (κ2) is 7.65. The molecule has 1 atom stereocenters. The lowest BCUT2D eigenvalue weighted by Crippen LogP contribution is -2.76. The van der Waals surface area contributed by atoms with Gasteiger partial charge in [-0.05, 0) is 60.7 Å². The van der Waals surface area contributed by atoms with Crippen LogP contribution in [-0.2, 0) is 5.66 Å². The fourth-order valence-corrected chi connectivity index (χ4v) is 7.79. The number of benzene rings is 3. The van der Waals surface area contributed by atoms with Crippen LogP contribution in [0.3, 0.4) is 0 Å². The molecule has 8 aromatic rings. The Hall–Kier alpha value is -6.08. The van der Waals surface area contributed by atoms with Gasteiger partial charge in [0, 0.05) is 34.8 Å².